The maximum Gasteiger partial charge on any atom is 0.236 e. The van der Waals surface area contributed by atoms with Crippen molar-refractivity contribution in [2.45, 2.75) is 44.9 Å². The fourth-order valence-electron chi connectivity index (χ4n) is 2.76. The van der Waals surface area contributed by atoms with E-state index >= 15 is 0 Å². The summed E-state index contributed by atoms with van der Waals surface area (Å²) in [5.41, 5.74) is 2.66. The van der Waals surface area contributed by atoms with Gasteiger partial charge in [-0.15, -0.1) is 0 Å². The van der Waals surface area contributed by atoms with Crippen LogP contribution < -0.4 is 0 Å². The zero-order chi connectivity index (χ0) is 14.1. The molecular formula is C16H18N2O2. The van der Waals surface area contributed by atoms with Crippen LogP contribution in [0.4, 0.5) is 0 Å². The number of fused-ring (bicyclic) bond motifs is 1. The normalized spacial score (nSPS) is 19.4. The molecule has 1 aliphatic carbocycles. The molecule has 0 N–H and O–H groups in total. The molecule has 0 amide bonds. The second-order valence-corrected chi connectivity index (χ2v) is 5.47. The van der Waals surface area contributed by atoms with E-state index in [0.29, 0.717) is 11.7 Å². The van der Waals surface area contributed by atoms with E-state index in [1.165, 1.54) is 11.1 Å². The minimum absolute atomic E-state index is 0.0456. The molecule has 4 heteroatoms. The third-order valence-corrected chi connectivity index (χ3v) is 4.12. The Balaban J connectivity index is 1.93. The molecule has 1 aliphatic rings. The van der Waals surface area contributed by atoms with Gasteiger partial charge < -0.3 is 4.52 Å². The summed E-state index contributed by atoms with van der Waals surface area (Å²) in [6.45, 7) is 3.35. The number of carbonyl (C=O) groups is 1. The number of benzene rings is 1. The Morgan fingerprint density at radius 1 is 1.40 bits per heavy atom. The largest absolute Gasteiger partial charge is 0.339 e. The fourth-order valence-corrected chi connectivity index (χ4v) is 2.76. The molecule has 1 aromatic carbocycles. The third-order valence-electron chi connectivity index (χ3n) is 4.12. The molecule has 0 radical (unpaired) electrons. The van der Waals surface area contributed by atoms with Gasteiger partial charge in [0, 0.05) is 5.92 Å². The molecule has 0 spiro atoms. The van der Waals surface area contributed by atoms with Gasteiger partial charge in [-0.3, -0.25) is 4.79 Å². The van der Waals surface area contributed by atoms with Gasteiger partial charge in [-0.2, -0.15) is 4.98 Å². The van der Waals surface area contributed by atoms with Gasteiger partial charge >= 0.3 is 0 Å². The van der Waals surface area contributed by atoms with E-state index in [9.17, 15) is 4.79 Å². The molecule has 104 valence electrons. The van der Waals surface area contributed by atoms with Crippen LogP contribution in [-0.2, 0) is 11.2 Å². The lowest BCUT2D eigenvalue weighted by Gasteiger charge is -2.22. The van der Waals surface area contributed by atoms with Crippen molar-refractivity contribution in [3.8, 4) is 0 Å². The Hall–Kier alpha value is -1.97. The number of aryl methyl sites for hydroxylation is 1. The second kappa shape index (κ2) is 5.19. The van der Waals surface area contributed by atoms with E-state index in [2.05, 4.69) is 34.4 Å². The summed E-state index contributed by atoms with van der Waals surface area (Å²) < 4.78 is 5.27. The van der Waals surface area contributed by atoms with Crippen molar-refractivity contribution in [1.29, 1.82) is 0 Å². The number of ketones is 1. The summed E-state index contributed by atoms with van der Waals surface area (Å²) in [6.07, 6.45) is 3.28. The molecule has 2 unspecified atom stereocenters. The lowest BCUT2D eigenvalue weighted by molar-refractivity contribution is -0.118. The highest BCUT2D eigenvalue weighted by Gasteiger charge is 2.27. The van der Waals surface area contributed by atoms with E-state index in [4.69, 9.17) is 4.52 Å². The summed E-state index contributed by atoms with van der Waals surface area (Å²) in [7, 11) is 0. The van der Waals surface area contributed by atoms with Crippen LogP contribution in [0.2, 0.25) is 0 Å². The van der Waals surface area contributed by atoms with Crippen molar-refractivity contribution in [3.63, 3.8) is 0 Å². The quantitative estimate of drug-likeness (QED) is 0.859. The van der Waals surface area contributed by atoms with E-state index < -0.39 is 0 Å². The number of hydrogen-bond donors (Lipinski definition) is 0. The van der Waals surface area contributed by atoms with Crippen molar-refractivity contribution in [3.05, 3.63) is 47.1 Å². The van der Waals surface area contributed by atoms with Crippen LogP contribution in [0.5, 0.6) is 0 Å². The Morgan fingerprint density at radius 2 is 2.20 bits per heavy atom. The maximum atomic E-state index is 11.4. The first kappa shape index (κ1) is 13.0. The first-order valence-corrected chi connectivity index (χ1v) is 7.08. The lowest BCUT2D eigenvalue weighted by atomic mass is 9.82. The zero-order valence-corrected chi connectivity index (χ0v) is 11.8. The minimum atomic E-state index is -0.324. The average Bonchev–Trinajstić information content (AvgIpc) is 2.95. The highest BCUT2D eigenvalue weighted by molar-refractivity contribution is 5.81. The van der Waals surface area contributed by atoms with Gasteiger partial charge in [-0.25, -0.2) is 0 Å². The van der Waals surface area contributed by atoms with Crippen molar-refractivity contribution < 1.29 is 9.32 Å². The van der Waals surface area contributed by atoms with Crippen LogP contribution >= 0.6 is 0 Å². The number of Topliss-reactive ketones (excluding diaryl/α,β-unsaturated/α-hetero) is 1. The summed E-state index contributed by atoms with van der Waals surface area (Å²) in [4.78, 5) is 15.9. The molecule has 0 aliphatic heterocycles. The molecule has 1 heterocycles. The van der Waals surface area contributed by atoms with Gasteiger partial charge in [0.2, 0.25) is 5.89 Å². The summed E-state index contributed by atoms with van der Waals surface area (Å²) >= 11 is 0. The van der Waals surface area contributed by atoms with E-state index in [0.717, 1.165) is 19.3 Å². The van der Waals surface area contributed by atoms with Gasteiger partial charge in [0.1, 0.15) is 5.78 Å². The molecule has 4 nitrogen and oxygen atoms in total. The smallest absolute Gasteiger partial charge is 0.236 e. The van der Waals surface area contributed by atoms with Gasteiger partial charge in [0.15, 0.2) is 5.82 Å². The molecule has 2 atom stereocenters. The van der Waals surface area contributed by atoms with Gasteiger partial charge in [-0.05, 0) is 44.2 Å². The molecule has 2 aromatic rings. The predicted octanol–water partition coefficient (Wildman–Crippen LogP) is 3.23. The molecule has 1 aromatic heterocycles. The predicted molar refractivity (Wildman–Crippen MR) is 74.6 cm³/mol. The Kier molecular flexibility index (Phi) is 3.38. The van der Waals surface area contributed by atoms with Gasteiger partial charge in [-0.1, -0.05) is 29.4 Å². The topological polar surface area (TPSA) is 56.0 Å². The number of rotatable bonds is 3. The van der Waals surface area contributed by atoms with E-state index in [1.807, 2.05) is 0 Å². The summed E-state index contributed by atoms with van der Waals surface area (Å²) in [6, 6.07) is 8.43. The third kappa shape index (κ3) is 2.26. The monoisotopic (exact) mass is 270 g/mol. The Labute approximate surface area is 118 Å². The Morgan fingerprint density at radius 3 is 3.00 bits per heavy atom. The highest BCUT2D eigenvalue weighted by atomic mass is 16.5. The SMILES string of the molecule is CC(=O)C(C)c1nc(C2CCCc3ccccc32)no1. The van der Waals surface area contributed by atoms with Gasteiger partial charge in [0.05, 0.1) is 5.92 Å². The molecule has 0 saturated heterocycles. The van der Waals surface area contributed by atoms with Crippen molar-refractivity contribution in [1.82, 2.24) is 10.1 Å². The number of carbonyl (C=O) groups excluding carboxylic acids is 1. The standard InChI is InChI=1S/C16H18N2O2/c1-10(11(2)19)16-17-15(18-20-16)14-9-5-7-12-6-3-4-8-13(12)14/h3-4,6,8,10,14H,5,7,9H2,1-2H3. The molecule has 0 fully saturated rings. The summed E-state index contributed by atoms with van der Waals surface area (Å²) in [5, 5.41) is 4.10. The maximum absolute atomic E-state index is 11.4. The second-order valence-electron chi connectivity index (χ2n) is 5.47. The number of nitrogens with zero attached hydrogens (tertiary/aromatic N) is 2. The van der Waals surface area contributed by atoms with Crippen LogP contribution in [0.1, 0.15) is 61.4 Å². The van der Waals surface area contributed by atoms with Crippen LogP contribution in [0.15, 0.2) is 28.8 Å². The average molecular weight is 270 g/mol. The number of aromatic nitrogens is 2. The molecule has 0 saturated carbocycles. The highest BCUT2D eigenvalue weighted by Crippen LogP contribution is 2.35. The van der Waals surface area contributed by atoms with Crippen molar-refractivity contribution in [2.24, 2.45) is 0 Å². The first-order chi connectivity index (χ1) is 9.66. The molecule has 0 bridgehead atoms. The van der Waals surface area contributed by atoms with E-state index in [1.54, 1.807) is 13.8 Å². The fraction of sp³-hybridized carbons (Fsp3) is 0.438. The molecular weight excluding hydrogens is 252 g/mol. The van der Waals surface area contributed by atoms with Crippen LogP contribution in [0, 0.1) is 0 Å². The number of hydrogen-bond acceptors (Lipinski definition) is 4. The molecule has 20 heavy (non-hydrogen) atoms. The zero-order valence-electron chi connectivity index (χ0n) is 11.8. The lowest BCUT2D eigenvalue weighted by Crippen LogP contribution is -2.12. The minimum Gasteiger partial charge on any atom is -0.339 e. The van der Waals surface area contributed by atoms with Gasteiger partial charge in [0.25, 0.3) is 0 Å². The van der Waals surface area contributed by atoms with Crippen LogP contribution in [-0.4, -0.2) is 15.9 Å². The summed E-state index contributed by atoms with van der Waals surface area (Å²) in [5.74, 6) is 1.05. The van der Waals surface area contributed by atoms with Crippen LogP contribution in [0.25, 0.3) is 0 Å². The molecule has 3 rings (SSSR count). The first-order valence-electron chi connectivity index (χ1n) is 7.08. The van der Waals surface area contributed by atoms with Crippen LogP contribution in [0.3, 0.4) is 0 Å². The van der Waals surface area contributed by atoms with Crippen molar-refractivity contribution in [2.75, 3.05) is 0 Å². The Bertz CT molecular complexity index is 633. The van der Waals surface area contributed by atoms with Crippen molar-refractivity contribution >= 4 is 5.78 Å². The van der Waals surface area contributed by atoms with E-state index in [-0.39, 0.29) is 17.6 Å².